The average molecular weight is 297 g/mol. The van der Waals surface area contributed by atoms with Gasteiger partial charge in [-0.15, -0.1) is 0 Å². The molecule has 1 aliphatic heterocycles. The Balaban J connectivity index is 2.13. The Bertz CT molecular complexity index is 479. The summed E-state index contributed by atoms with van der Waals surface area (Å²) < 4.78 is 4.97. The van der Waals surface area contributed by atoms with E-state index in [9.17, 15) is 9.59 Å². The van der Waals surface area contributed by atoms with E-state index in [-0.39, 0.29) is 17.8 Å². The molecule has 1 heterocycles. The highest BCUT2D eigenvalue weighted by molar-refractivity contribution is 8.17. The molecule has 110 valence electrons. The van der Waals surface area contributed by atoms with Gasteiger partial charge in [0.2, 0.25) is 0 Å². The third-order valence-corrected chi connectivity index (χ3v) is 6.00. The molecule has 0 bridgehead atoms. The molecule has 3 atom stereocenters. The van der Waals surface area contributed by atoms with Gasteiger partial charge in [-0.25, -0.2) is 10.9 Å². The van der Waals surface area contributed by atoms with Crippen LogP contribution in [0.2, 0.25) is 0 Å². The van der Waals surface area contributed by atoms with E-state index in [4.69, 9.17) is 9.84 Å². The summed E-state index contributed by atoms with van der Waals surface area (Å²) >= 11 is 0. The maximum absolute atomic E-state index is 11.7. The largest absolute Gasteiger partial charge is 0.480 e. The van der Waals surface area contributed by atoms with Crippen LogP contribution in [0.1, 0.15) is 13.3 Å². The summed E-state index contributed by atoms with van der Waals surface area (Å²) in [5.74, 6) is -0.585. The van der Waals surface area contributed by atoms with Gasteiger partial charge in [-0.2, -0.15) is 0 Å². The van der Waals surface area contributed by atoms with Crippen LogP contribution in [-0.4, -0.2) is 40.8 Å². The number of nitrogens with one attached hydrogen (secondary N) is 1. The smallest absolute Gasteiger partial charge is 0.321 e. The molecule has 1 aromatic carbocycles. The Kier molecular flexibility index (Phi) is 5.03. The quantitative estimate of drug-likeness (QED) is 0.565. The molecular formula is C14H19NO4S. The molecule has 0 saturated carbocycles. The maximum atomic E-state index is 11.7. The van der Waals surface area contributed by atoms with Crippen LogP contribution in [0.3, 0.4) is 0 Å². The topological polar surface area (TPSA) is 75.6 Å². The second kappa shape index (κ2) is 6.76. The summed E-state index contributed by atoms with van der Waals surface area (Å²) in [5.41, 5.74) is 0. The van der Waals surface area contributed by atoms with Crippen LogP contribution >= 0.6 is 10.9 Å². The molecule has 6 heteroatoms. The van der Waals surface area contributed by atoms with E-state index >= 15 is 0 Å². The van der Waals surface area contributed by atoms with Crippen molar-refractivity contribution in [3.8, 4) is 0 Å². The second-order valence-electron chi connectivity index (χ2n) is 4.57. The second-order valence-corrected chi connectivity index (χ2v) is 7.01. The lowest BCUT2D eigenvalue weighted by atomic mass is 10.3. The summed E-state index contributed by atoms with van der Waals surface area (Å²) in [5, 5.41) is 12.1. The number of carbonyl (C=O) groups excluding carboxylic acids is 1. The third-order valence-electron chi connectivity index (χ3n) is 3.20. The van der Waals surface area contributed by atoms with Crippen molar-refractivity contribution in [1.29, 1.82) is 0 Å². The number of carbonyl (C=O) groups is 2. The van der Waals surface area contributed by atoms with Crippen LogP contribution in [-0.2, 0) is 14.3 Å². The monoisotopic (exact) mass is 297 g/mol. The Hall–Kier alpha value is -1.53. The van der Waals surface area contributed by atoms with E-state index in [1.165, 1.54) is 0 Å². The average Bonchev–Trinajstić information content (AvgIpc) is 2.84. The van der Waals surface area contributed by atoms with Gasteiger partial charge in [0.1, 0.15) is 6.04 Å². The van der Waals surface area contributed by atoms with E-state index < -0.39 is 22.9 Å². The number of thiol groups is 1. The lowest BCUT2D eigenvalue weighted by Crippen LogP contribution is -2.37. The van der Waals surface area contributed by atoms with Crippen LogP contribution in [0.4, 0.5) is 0 Å². The van der Waals surface area contributed by atoms with Crippen LogP contribution in [0.15, 0.2) is 35.2 Å². The summed E-state index contributed by atoms with van der Waals surface area (Å²) in [6.07, 6.45) is 0.220. The van der Waals surface area contributed by atoms with Gasteiger partial charge in [0.15, 0.2) is 0 Å². The molecule has 20 heavy (non-hydrogen) atoms. The van der Waals surface area contributed by atoms with Gasteiger partial charge in [0.25, 0.3) is 0 Å². The Morgan fingerprint density at radius 3 is 2.70 bits per heavy atom. The molecule has 1 saturated heterocycles. The number of aliphatic carboxylic acids is 1. The summed E-state index contributed by atoms with van der Waals surface area (Å²) in [6, 6.07) is 9.21. The molecule has 1 aliphatic rings. The van der Waals surface area contributed by atoms with Crippen LogP contribution in [0.5, 0.6) is 0 Å². The number of benzene rings is 1. The fourth-order valence-electron chi connectivity index (χ4n) is 2.30. The predicted octanol–water partition coefficient (Wildman–Crippen LogP) is 1.38. The van der Waals surface area contributed by atoms with Crippen molar-refractivity contribution in [3.63, 3.8) is 0 Å². The first-order valence-electron chi connectivity index (χ1n) is 6.58. The van der Waals surface area contributed by atoms with Crippen molar-refractivity contribution in [2.75, 3.05) is 12.4 Å². The molecule has 1 fully saturated rings. The molecule has 3 unspecified atom stereocenters. The Morgan fingerprint density at radius 1 is 1.40 bits per heavy atom. The van der Waals surface area contributed by atoms with E-state index in [0.29, 0.717) is 12.4 Å². The number of carboxylic acid groups (broad SMARTS) is 1. The number of hydrogen-bond donors (Lipinski definition) is 3. The minimum absolute atomic E-state index is 0.132. The lowest BCUT2D eigenvalue weighted by Gasteiger charge is -2.22. The first-order chi connectivity index (χ1) is 9.61. The van der Waals surface area contributed by atoms with Gasteiger partial charge < -0.3 is 9.84 Å². The fraction of sp³-hybridized carbons (Fsp3) is 0.429. The zero-order valence-electron chi connectivity index (χ0n) is 11.3. The van der Waals surface area contributed by atoms with Gasteiger partial charge in [0, 0.05) is 5.75 Å². The zero-order valence-corrected chi connectivity index (χ0v) is 12.2. The first-order valence-corrected chi connectivity index (χ1v) is 8.17. The molecule has 0 aromatic heterocycles. The third kappa shape index (κ3) is 3.52. The molecule has 0 radical (unpaired) electrons. The number of rotatable bonds is 5. The molecule has 1 aromatic rings. The molecular weight excluding hydrogens is 278 g/mol. The standard InChI is InChI=1S/C14H19NO4S/c1-2-19-13(16)8-12-15-11(14(17)18)9-20(12)10-6-4-3-5-7-10/h3-7,11-12,15,20H,2,8-9H2,1H3,(H,17,18). The number of carboxylic acids is 1. The van der Waals surface area contributed by atoms with Crippen molar-refractivity contribution in [2.24, 2.45) is 0 Å². The van der Waals surface area contributed by atoms with Crippen molar-refractivity contribution >= 4 is 22.8 Å². The highest BCUT2D eigenvalue weighted by atomic mass is 32.2. The van der Waals surface area contributed by atoms with Crippen molar-refractivity contribution in [2.45, 2.75) is 29.7 Å². The molecule has 0 spiro atoms. The van der Waals surface area contributed by atoms with Crippen LogP contribution in [0, 0.1) is 0 Å². The van der Waals surface area contributed by atoms with E-state index in [2.05, 4.69) is 5.32 Å². The minimum atomic E-state index is -0.861. The van der Waals surface area contributed by atoms with Gasteiger partial charge in [0.05, 0.1) is 18.4 Å². The molecule has 2 N–H and O–H groups in total. The fourth-order valence-corrected chi connectivity index (χ4v) is 5.06. The van der Waals surface area contributed by atoms with Crippen molar-refractivity contribution < 1.29 is 19.4 Å². The van der Waals surface area contributed by atoms with Crippen molar-refractivity contribution in [1.82, 2.24) is 5.32 Å². The van der Waals surface area contributed by atoms with Gasteiger partial charge in [-0.05, 0) is 11.8 Å². The molecule has 0 amide bonds. The SMILES string of the molecule is CCOC(=O)CC1NC(C(=O)O)C[SH]1c1ccccc1. The Labute approximate surface area is 120 Å². The van der Waals surface area contributed by atoms with Crippen LogP contribution in [0.25, 0.3) is 0 Å². The highest BCUT2D eigenvalue weighted by Gasteiger charge is 2.36. The lowest BCUT2D eigenvalue weighted by molar-refractivity contribution is -0.144. The Morgan fingerprint density at radius 2 is 2.10 bits per heavy atom. The van der Waals surface area contributed by atoms with Gasteiger partial charge in [-0.3, -0.25) is 14.9 Å². The van der Waals surface area contributed by atoms with Gasteiger partial charge >= 0.3 is 11.9 Å². The normalized spacial score (nSPS) is 27.1. The molecule has 2 rings (SSSR count). The zero-order chi connectivity index (χ0) is 14.5. The number of esters is 1. The summed E-state index contributed by atoms with van der Waals surface area (Å²) in [6.45, 7) is 2.11. The number of ether oxygens (including phenoxy) is 1. The summed E-state index contributed by atoms with van der Waals surface area (Å²) in [4.78, 5) is 23.9. The minimum Gasteiger partial charge on any atom is -0.480 e. The van der Waals surface area contributed by atoms with Gasteiger partial charge in [-0.1, -0.05) is 30.3 Å². The van der Waals surface area contributed by atoms with Crippen molar-refractivity contribution in [3.05, 3.63) is 30.3 Å². The summed E-state index contributed by atoms with van der Waals surface area (Å²) in [7, 11) is -0.711. The first kappa shape index (κ1) is 14.9. The van der Waals surface area contributed by atoms with E-state index in [1.807, 2.05) is 30.3 Å². The highest BCUT2D eigenvalue weighted by Crippen LogP contribution is 2.45. The maximum Gasteiger partial charge on any atom is 0.321 e. The number of hydrogen-bond acceptors (Lipinski definition) is 4. The van der Waals surface area contributed by atoms with Crippen LogP contribution < -0.4 is 5.32 Å². The van der Waals surface area contributed by atoms with E-state index in [0.717, 1.165) is 4.90 Å². The molecule has 0 aliphatic carbocycles. The van der Waals surface area contributed by atoms with E-state index in [1.54, 1.807) is 6.92 Å². The predicted molar refractivity (Wildman–Crippen MR) is 78.2 cm³/mol. The molecule has 5 nitrogen and oxygen atoms in total.